The number of aromatic nitrogens is 1. The van der Waals surface area contributed by atoms with Gasteiger partial charge in [-0.2, -0.15) is 0 Å². The van der Waals surface area contributed by atoms with Crippen LogP contribution in [0.4, 0.5) is 17.1 Å². The first-order valence-corrected chi connectivity index (χ1v) is 21.8. The Morgan fingerprint density at radius 1 is 0.333 bits per heavy atom. The molecule has 0 bridgehead atoms. The zero-order valence-electron chi connectivity index (χ0n) is 36.5. The maximum Gasteiger partial charge on any atom is 0.0601 e. The minimum absolute atomic E-state index is 1.16. The molecule has 0 amide bonds. The van der Waals surface area contributed by atoms with Crippen LogP contribution < -0.4 is 4.90 Å². The Labute approximate surface area is 361 Å². The van der Waals surface area contributed by atoms with Gasteiger partial charge < -0.3 is 4.90 Å². The average molecular weight is 797 g/mol. The Hall–Kier alpha value is -6.16. The molecular weight excluding hydrogens is 745 g/mol. The molecule has 7 aromatic carbocycles. The van der Waals surface area contributed by atoms with E-state index in [2.05, 4.69) is 194 Å². The highest BCUT2D eigenvalue weighted by molar-refractivity contribution is 7.99. The molecule has 0 spiro atoms. The Balaban J connectivity index is 1.04. The lowest BCUT2D eigenvalue weighted by Gasteiger charge is -2.34. The van der Waals surface area contributed by atoms with Crippen LogP contribution in [-0.4, -0.2) is 4.98 Å². The molecule has 60 heavy (non-hydrogen) atoms. The van der Waals surface area contributed by atoms with E-state index in [1.807, 2.05) is 30.2 Å². The predicted molar refractivity (Wildman–Crippen MR) is 258 cm³/mol. The van der Waals surface area contributed by atoms with E-state index < -0.39 is 0 Å². The number of hydrogen-bond acceptors (Lipinski definition) is 3. The molecule has 1 aliphatic heterocycles. The molecule has 2 heterocycles. The van der Waals surface area contributed by atoms with Crippen molar-refractivity contribution >= 4 is 28.8 Å². The number of rotatable bonds is 6. The van der Waals surface area contributed by atoms with Gasteiger partial charge in [-0.1, -0.05) is 90.6 Å². The van der Waals surface area contributed by atoms with Gasteiger partial charge in [-0.15, -0.1) is 0 Å². The fourth-order valence-electron chi connectivity index (χ4n) is 9.43. The summed E-state index contributed by atoms with van der Waals surface area (Å²) in [6.07, 6.45) is 3.79. The van der Waals surface area contributed by atoms with Crippen LogP contribution in [0.15, 0.2) is 144 Å². The molecule has 0 saturated heterocycles. The largest absolute Gasteiger partial charge is 0.308 e. The van der Waals surface area contributed by atoms with Crippen molar-refractivity contribution < 1.29 is 0 Å². The molecule has 0 N–H and O–H groups in total. The molecule has 0 saturated carbocycles. The molecule has 0 fully saturated rings. The summed E-state index contributed by atoms with van der Waals surface area (Å²) in [4.78, 5) is 9.38. The SMILES string of the molecule is Cc1cc(-c2cc(C)c(-c3cc(C)c(-c4cc(C)c(-c5cc(C)c(N6c7ccccc7Sc7ccccc76)cc5C)cc4C)cc3C)cc2C)c(C)cc1-c1cccnc1. The standard InChI is InChI=1S/C57H52N2S/c1-33-23-45(34(2)22-44(33)43-16-15-21-58-32-43)46-24-36(4)47(25-35(46)3)48-26-38(6)49(27-37(48)5)50-28-40(8)51(29-39(50)7)52-30-42(10)55(31-41(52)9)59-53-17-11-13-19-56(53)60-57-20-14-12-18-54(57)59/h11-32H,1-10H3. The van der Waals surface area contributed by atoms with Crippen LogP contribution in [0.2, 0.25) is 0 Å². The maximum atomic E-state index is 4.36. The zero-order chi connectivity index (χ0) is 42.0. The first-order chi connectivity index (χ1) is 28.9. The Morgan fingerprint density at radius 2 is 0.667 bits per heavy atom. The van der Waals surface area contributed by atoms with Crippen molar-refractivity contribution in [3.05, 3.63) is 189 Å². The summed E-state index contributed by atoms with van der Waals surface area (Å²) >= 11 is 1.85. The van der Waals surface area contributed by atoms with E-state index >= 15 is 0 Å². The van der Waals surface area contributed by atoms with Crippen LogP contribution in [0, 0.1) is 69.2 Å². The first-order valence-electron chi connectivity index (χ1n) is 21.0. The van der Waals surface area contributed by atoms with Gasteiger partial charge in [-0.3, -0.25) is 4.98 Å². The monoisotopic (exact) mass is 796 g/mol. The highest BCUT2D eigenvalue weighted by atomic mass is 32.2. The number of anilines is 3. The normalized spacial score (nSPS) is 12.1. The van der Waals surface area contributed by atoms with E-state index in [0.29, 0.717) is 0 Å². The second-order valence-corrected chi connectivity index (χ2v) is 18.1. The number of benzene rings is 7. The fourth-order valence-corrected chi connectivity index (χ4v) is 10.5. The van der Waals surface area contributed by atoms with Crippen LogP contribution in [-0.2, 0) is 0 Å². The third kappa shape index (κ3) is 6.85. The van der Waals surface area contributed by atoms with E-state index in [4.69, 9.17) is 0 Å². The molecule has 9 rings (SSSR count). The second kappa shape index (κ2) is 15.5. The minimum Gasteiger partial charge on any atom is -0.308 e. The van der Waals surface area contributed by atoms with Gasteiger partial charge >= 0.3 is 0 Å². The third-order valence-electron chi connectivity index (χ3n) is 12.6. The van der Waals surface area contributed by atoms with Crippen LogP contribution in [0.3, 0.4) is 0 Å². The summed E-state index contributed by atoms with van der Waals surface area (Å²) in [5.74, 6) is 0. The quantitative estimate of drug-likeness (QED) is 0.167. The summed E-state index contributed by atoms with van der Waals surface area (Å²) < 4.78 is 0. The van der Waals surface area contributed by atoms with Crippen LogP contribution in [0.1, 0.15) is 55.6 Å². The lowest BCUT2D eigenvalue weighted by atomic mass is 9.84. The lowest BCUT2D eigenvalue weighted by Crippen LogP contribution is -2.16. The number of aryl methyl sites for hydroxylation is 10. The Morgan fingerprint density at radius 3 is 1.05 bits per heavy atom. The van der Waals surface area contributed by atoms with E-state index in [9.17, 15) is 0 Å². The lowest BCUT2D eigenvalue weighted by molar-refractivity contribution is 1.15. The topological polar surface area (TPSA) is 16.1 Å². The second-order valence-electron chi connectivity index (χ2n) is 17.0. The molecule has 0 atom stereocenters. The zero-order valence-corrected chi connectivity index (χ0v) is 37.3. The number of pyridine rings is 1. The number of nitrogens with zero attached hydrogens (tertiary/aromatic N) is 2. The summed E-state index contributed by atoms with van der Waals surface area (Å²) in [7, 11) is 0. The van der Waals surface area contributed by atoms with E-state index in [1.165, 1.54) is 133 Å². The average Bonchev–Trinajstić information content (AvgIpc) is 3.24. The van der Waals surface area contributed by atoms with Gasteiger partial charge in [0, 0.05) is 33.4 Å². The molecule has 2 nitrogen and oxygen atoms in total. The van der Waals surface area contributed by atoms with Gasteiger partial charge in [-0.25, -0.2) is 0 Å². The summed E-state index contributed by atoms with van der Waals surface area (Å²) in [5, 5.41) is 0. The number of hydrogen-bond donors (Lipinski definition) is 0. The van der Waals surface area contributed by atoms with Crippen molar-refractivity contribution in [3.63, 3.8) is 0 Å². The van der Waals surface area contributed by atoms with E-state index in [-0.39, 0.29) is 0 Å². The Kier molecular flexibility index (Phi) is 10.1. The third-order valence-corrected chi connectivity index (χ3v) is 13.8. The van der Waals surface area contributed by atoms with Crippen LogP contribution in [0.5, 0.6) is 0 Å². The number of fused-ring (bicyclic) bond motifs is 2. The van der Waals surface area contributed by atoms with E-state index in [1.54, 1.807) is 0 Å². The molecule has 1 aliphatic rings. The van der Waals surface area contributed by atoms with Crippen LogP contribution in [0.25, 0.3) is 55.6 Å². The molecule has 3 heteroatoms. The van der Waals surface area contributed by atoms with Gasteiger partial charge in [0.1, 0.15) is 0 Å². The molecule has 1 aromatic heterocycles. The molecule has 296 valence electrons. The molecule has 0 unspecified atom stereocenters. The maximum absolute atomic E-state index is 4.36. The first kappa shape index (κ1) is 39.3. The molecule has 0 radical (unpaired) electrons. The smallest absolute Gasteiger partial charge is 0.0601 e. The van der Waals surface area contributed by atoms with Crippen molar-refractivity contribution in [2.24, 2.45) is 0 Å². The molecule has 8 aromatic rings. The van der Waals surface area contributed by atoms with Crippen LogP contribution >= 0.6 is 11.8 Å². The van der Waals surface area contributed by atoms with Crippen molar-refractivity contribution in [1.82, 2.24) is 4.98 Å². The Bertz CT molecular complexity index is 2960. The predicted octanol–water partition coefficient (Wildman–Crippen LogP) is 16.4. The van der Waals surface area contributed by atoms with Crippen molar-refractivity contribution in [2.45, 2.75) is 79.0 Å². The highest BCUT2D eigenvalue weighted by Crippen LogP contribution is 2.52. The van der Waals surface area contributed by atoms with Gasteiger partial charge in [0.15, 0.2) is 0 Å². The van der Waals surface area contributed by atoms with Gasteiger partial charge in [-0.05, 0) is 217 Å². The fraction of sp³-hybridized carbons (Fsp3) is 0.175. The highest BCUT2D eigenvalue weighted by Gasteiger charge is 2.26. The minimum atomic E-state index is 1.16. The molecular formula is C57H52N2S. The summed E-state index contributed by atoms with van der Waals surface area (Å²) in [6, 6.07) is 45.6. The van der Waals surface area contributed by atoms with Crippen molar-refractivity contribution in [3.8, 4) is 55.6 Å². The van der Waals surface area contributed by atoms with Gasteiger partial charge in [0.25, 0.3) is 0 Å². The van der Waals surface area contributed by atoms with Crippen molar-refractivity contribution in [2.75, 3.05) is 4.90 Å². The number of para-hydroxylation sites is 2. The summed E-state index contributed by atoms with van der Waals surface area (Å²) in [5.41, 5.74) is 29.3. The van der Waals surface area contributed by atoms with E-state index in [0.717, 1.165) is 5.56 Å². The van der Waals surface area contributed by atoms with Gasteiger partial charge in [0.05, 0.1) is 11.4 Å². The molecule has 0 aliphatic carbocycles. The van der Waals surface area contributed by atoms with Crippen molar-refractivity contribution in [1.29, 1.82) is 0 Å². The summed E-state index contributed by atoms with van der Waals surface area (Å²) in [6.45, 7) is 22.6. The van der Waals surface area contributed by atoms with Gasteiger partial charge in [0.2, 0.25) is 0 Å².